The maximum Gasteiger partial charge on any atom is 0.260 e. The summed E-state index contributed by atoms with van der Waals surface area (Å²) >= 11 is 3.34. The molecule has 0 aliphatic heterocycles. The van der Waals surface area contributed by atoms with E-state index in [0.29, 0.717) is 12.3 Å². The quantitative estimate of drug-likeness (QED) is 0.781. The standard InChI is InChI=1S/C14H21BrN2O3/c1-10(20-13-6-4-5-11(15)7-13)14(19)16-8-12(18)9-17(2)3/h4-7,10,12,18H,8-9H2,1-3H3,(H,16,19). The maximum absolute atomic E-state index is 11.9. The molecule has 1 rings (SSSR count). The number of hydrogen-bond acceptors (Lipinski definition) is 4. The number of carbonyl (C=O) groups is 1. The van der Waals surface area contributed by atoms with E-state index >= 15 is 0 Å². The minimum absolute atomic E-state index is 0.212. The number of benzene rings is 1. The lowest BCUT2D eigenvalue weighted by Crippen LogP contribution is -2.42. The van der Waals surface area contributed by atoms with E-state index in [2.05, 4.69) is 21.2 Å². The predicted octanol–water partition coefficient (Wildman–Crippen LogP) is 1.26. The Kier molecular flexibility index (Phi) is 6.98. The first-order valence-corrected chi connectivity index (χ1v) is 7.20. The van der Waals surface area contributed by atoms with Crippen molar-refractivity contribution in [1.29, 1.82) is 0 Å². The zero-order valence-electron chi connectivity index (χ0n) is 12.0. The summed E-state index contributed by atoms with van der Waals surface area (Å²) in [6.45, 7) is 2.39. The van der Waals surface area contributed by atoms with E-state index in [0.717, 1.165) is 4.47 Å². The Bertz CT molecular complexity index is 440. The number of aliphatic hydroxyl groups excluding tert-OH is 1. The van der Waals surface area contributed by atoms with Crippen LogP contribution in [-0.4, -0.2) is 55.3 Å². The van der Waals surface area contributed by atoms with Crippen LogP contribution < -0.4 is 10.1 Å². The van der Waals surface area contributed by atoms with Crippen LogP contribution >= 0.6 is 15.9 Å². The second-order valence-electron chi connectivity index (χ2n) is 4.88. The molecule has 0 saturated carbocycles. The molecular formula is C14H21BrN2O3. The molecular weight excluding hydrogens is 324 g/mol. The third-order valence-electron chi connectivity index (χ3n) is 2.57. The van der Waals surface area contributed by atoms with Gasteiger partial charge in [0, 0.05) is 17.6 Å². The molecule has 0 heterocycles. The summed E-state index contributed by atoms with van der Waals surface area (Å²) < 4.78 is 6.43. The van der Waals surface area contributed by atoms with Crippen molar-refractivity contribution in [3.63, 3.8) is 0 Å². The molecule has 1 aromatic carbocycles. The van der Waals surface area contributed by atoms with Gasteiger partial charge in [-0.2, -0.15) is 0 Å². The molecule has 0 aromatic heterocycles. The lowest BCUT2D eigenvalue weighted by molar-refractivity contribution is -0.127. The van der Waals surface area contributed by atoms with Crippen molar-refractivity contribution < 1.29 is 14.6 Å². The number of carbonyl (C=O) groups excluding carboxylic acids is 1. The summed E-state index contributed by atoms with van der Waals surface area (Å²) in [5.41, 5.74) is 0. The number of likely N-dealkylation sites (N-methyl/N-ethyl adjacent to an activating group) is 1. The fourth-order valence-electron chi connectivity index (χ4n) is 1.65. The van der Waals surface area contributed by atoms with E-state index in [4.69, 9.17) is 4.74 Å². The average molecular weight is 345 g/mol. The Hall–Kier alpha value is -1.11. The summed E-state index contributed by atoms with van der Waals surface area (Å²) in [6, 6.07) is 7.31. The number of amides is 1. The van der Waals surface area contributed by atoms with E-state index in [1.54, 1.807) is 19.1 Å². The van der Waals surface area contributed by atoms with Crippen LogP contribution in [-0.2, 0) is 4.79 Å². The van der Waals surface area contributed by atoms with Gasteiger partial charge in [0.1, 0.15) is 5.75 Å². The van der Waals surface area contributed by atoms with E-state index in [1.807, 2.05) is 31.1 Å². The lowest BCUT2D eigenvalue weighted by atomic mass is 10.3. The van der Waals surface area contributed by atoms with E-state index in [-0.39, 0.29) is 12.5 Å². The van der Waals surface area contributed by atoms with Crippen LogP contribution in [0.4, 0.5) is 0 Å². The smallest absolute Gasteiger partial charge is 0.260 e. The Morgan fingerprint density at radius 3 is 2.80 bits per heavy atom. The zero-order valence-corrected chi connectivity index (χ0v) is 13.6. The molecule has 2 atom stereocenters. The molecule has 0 bridgehead atoms. The van der Waals surface area contributed by atoms with Gasteiger partial charge in [-0.1, -0.05) is 22.0 Å². The average Bonchev–Trinajstić information content (AvgIpc) is 2.35. The third-order valence-corrected chi connectivity index (χ3v) is 3.06. The lowest BCUT2D eigenvalue weighted by Gasteiger charge is -2.18. The molecule has 5 nitrogen and oxygen atoms in total. The van der Waals surface area contributed by atoms with Crippen LogP contribution in [0, 0.1) is 0 Å². The van der Waals surface area contributed by atoms with Crippen molar-refractivity contribution in [2.75, 3.05) is 27.2 Å². The molecule has 0 saturated heterocycles. The molecule has 2 N–H and O–H groups in total. The third kappa shape index (κ3) is 6.36. The minimum atomic E-state index is -0.615. The number of nitrogens with zero attached hydrogens (tertiary/aromatic N) is 1. The first-order chi connectivity index (χ1) is 9.38. The molecule has 1 amide bonds. The highest BCUT2D eigenvalue weighted by Crippen LogP contribution is 2.18. The minimum Gasteiger partial charge on any atom is -0.481 e. The largest absolute Gasteiger partial charge is 0.481 e. The molecule has 0 fully saturated rings. The molecule has 0 spiro atoms. The fourth-order valence-corrected chi connectivity index (χ4v) is 2.02. The number of ether oxygens (including phenoxy) is 1. The van der Waals surface area contributed by atoms with Crippen molar-refractivity contribution in [1.82, 2.24) is 10.2 Å². The van der Waals surface area contributed by atoms with Gasteiger partial charge in [0.2, 0.25) is 0 Å². The van der Waals surface area contributed by atoms with Gasteiger partial charge in [-0.05, 0) is 39.2 Å². The normalized spacial score (nSPS) is 13.9. The number of aliphatic hydroxyl groups is 1. The molecule has 0 aliphatic rings. The van der Waals surface area contributed by atoms with Crippen molar-refractivity contribution in [3.8, 4) is 5.75 Å². The molecule has 20 heavy (non-hydrogen) atoms. The van der Waals surface area contributed by atoms with Crippen molar-refractivity contribution in [3.05, 3.63) is 28.7 Å². The topological polar surface area (TPSA) is 61.8 Å². The highest BCUT2D eigenvalue weighted by atomic mass is 79.9. The van der Waals surface area contributed by atoms with Crippen LogP contribution in [0.15, 0.2) is 28.7 Å². The summed E-state index contributed by atoms with van der Waals surface area (Å²) in [6.07, 6.45) is -1.21. The molecule has 112 valence electrons. The van der Waals surface area contributed by atoms with Crippen LogP contribution in [0.1, 0.15) is 6.92 Å². The number of halogens is 1. The van der Waals surface area contributed by atoms with E-state index in [1.165, 1.54) is 0 Å². The number of rotatable bonds is 7. The number of hydrogen-bond donors (Lipinski definition) is 2. The van der Waals surface area contributed by atoms with Gasteiger partial charge < -0.3 is 20.1 Å². The predicted molar refractivity (Wildman–Crippen MR) is 81.8 cm³/mol. The second-order valence-corrected chi connectivity index (χ2v) is 5.79. The molecule has 0 aliphatic carbocycles. The number of nitrogens with one attached hydrogen (secondary N) is 1. The molecule has 0 radical (unpaired) electrons. The Morgan fingerprint density at radius 1 is 1.50 bits per heavy atom. The summed E-state index contributed by atoms with van der Waals surface area (Å²) in [7, 11) is 3.73. The first-order valence-electron chi connectivity index (χ1n) is 6.41. The van der Waals surface area contributed by atoms with Crippen LogP contribution in [0.5, 0.6) is 5.75 Å². The summed E-state index contributed by atoms with van der Waals surface area (Å²) in [5.74, 6) is 0.374. The van der Waals surface area contributed by atoms with Gasteiger partial charge in [-0.15, -0.1) is 0 Å². The van der Waals surface area contributed by atoms with Gasteiger partial charge in [-0.25, -0.2) is 0 Å². The van der Waals surface area contributed by atoms with E-state index in [9.17, 15) is 9.90 Å². The zero-order chi connectivity index (χ0) is 15.1. The first kappa shape index (κ1) is 16.9. The molecule has 2 unspecified atom stereocenters. The van der Waals surface area contributed by atoms with Crippen LogP contribution in [0.25, 0.3) is 0 Å². The maximum atomic E-state index is 11.9. The molecule has 1 aromatic rings. The van der Waals surface area contributed by atoms with E-state index < -0.39 is 12.2 Å². The highest BCUT2D eigenvalue weighted by molar-refractivity contribution is 9.10. The summed E-state index contributed by atoms with van der Waals surface area (Å²) in [5, 5.41) is 12.3. The Balaban J connectivity index is 2.39. The van der Waals surface area contributed by atoms with Crippen molar-refractivity contribution in [2.24, 2.45) is 0 Å². The monoisotopic (exact) mass is 344 g/mol. The Labute approximate surface area is 128 Å². The summed E-state index contributed by atoms with van der Waals surface area (Å²) in [4.78, 5) is 13.7. The molecule has 6 heteroatoms. The van der Waals surface area contributed by atoms with Crippen molar-refractivity contribution >= 4 is 21.8 Å². The van der Waals surface area contributed by atoms with Crippen molar-refractivity contribution in [2.45, 2.75) is 19.1 Å². The second kappa shape index (κ2) is 8.24. The van der Waals surface area contributed by atoms with Crippen LogP contribution in [0.3, 0.4) is 0 Å². The van der Waals surface area contributed by atoms with Gasteiger partial charge in [0.05, 0.1) is 6.10 Å². The Morgan fingerprint density at radius 2 is 2.20 bits per heavy atom. The van der Waals surface area contributed by atoms with Gasteiger partial charge in [0.15, 0.2) is 6.10 Å². The highest BCUT2D eigenvalue weighted by Gasteiger charge is 2.16. The SMILES string of the molecule is CC(Oc1cccc(Br)c1)C(=O)NCC(O)CN(C)C. The fraction of sp³-hybridized carbons (Fsp3) is 0.500. The van der Waals surface area contributed by atoms with Gasteiger partial charge in [0.25, 0.3) is 5.91 Å². The van der Waals surface area contributed by atoms with Gasteiger partial charge >= 0.3 is 0 Å². The van der Waals surface area contributed by atoms with Gasteiger partial charge in [-0.3, -0.25) is 4.79 Å². The van der Waals surface area contributed by atoms with Crippen LogP contribution in [0.2, 0.25) is 0 Å².